The first kappa shape index (κ1) is 12.7. The SMILES string of the molecule is Cc1ccc(-c2nc3ccccc3c(=O)[nH]2)c2cccnc12. The van der Waals surface area contributed by atoms with Crippen molar-refractivity contribution in [2.24, 2.45) is 0 Å². The van der Waals surface area contributed by atoms with Gasteiger partial charge in [0.1, 0.15) is 5.82 Å². The van der Waals surface area contributed by atoms with Crippen LogP contribution in [0.1, 0.15) is 5.56 Å². The summed E-state index contributed by atoms with van der Waals surface area (Å²) in [5.74, 6) is 0.571. The molecule has 2 heterocycles. The molecule has 4 heteroatoms. The number of aromatic nitrogens is 3. The van der Waals surface area contributed by atoms with Gasteiger partial charge >= 0.3 is 0 Å². The Bertz CT molecular complexity index is 1070. The Kier molecular flexibility index (Phi) is 2.76. The van der Waals surface area contributed by atoms with Gasteiger partial charge in [0, 0.05) is 17.1 Å². The Morgan fingerprint density at radius 2 is 1.77 bits per heavy atom. The van der Waals surface area contributed by atoms with E-state index in [1.54, 1.807) is 12.3 Å². The minimum Gasteiger partial charge on any atom is -0.306 e. The summed E-state index contributed by atoms with van der Waals surface area (Å²) >= 11 is 0. The van der Waals surface area contributed by atoms with Gasteiger partial charge in [0.2, 0.25) is 0 Å². The Balaban J connectivity index is 2.08. The molecule has 22 heavy (non-hydrogen) atoms. The summed E-state index contributed by atoms with van der Waals surface area (Å²) in [6.45, 7) is 2.02. The summed E-state index contributed by atoms with van der Waals surface area (Å²) in [7, 11) is 0. The van der Waals surface area contributed by atoms with Crippen molar-refractivity contribution in [2.45, 2.75) is 6.92 Å². The number of benzene rings is 2. The van der Waals surface area contributed by atoms with E-state index >= 15 is 0 Å². The lowest BCUT2D eigenvalue weighted by atomic mass is 10.0. The summed E-state index contributed by atoms with van der Waals surface area (Å²) in [5, 5.41) is 1.58. The van der Waals surface area contributed by atoms with Crippen LogP contribution < -0.4 is 5.56 Å². The molecule has 0 aliphatic rings. The molecule has 0 saturated carbocycles. The van der Waals surface area contributed by atoms with Crippen LogP contribution in [0.5, 0.6) is 0 Å². The molecular weight excluding hydrogens is 274 g/mol. The van der Waals surface area contributed by atoms with E-state index < -0.39 is 0 Å². The summed E-state index contributed by atoms with van der Waals surface area (Å²) in [6, 6.07) is 15.2. The van der Waals surface area contributed by atoms with Gasteiger partial charge in [-0.2, -0.15) is 0 Å². The van der Waals surface area contributed by atoms with Gasteiger partial charge in [-0.05, 0) is 30.7 Å². The number of fused-ring (bicyclic) bond motifs is 2. The molecule has 106 valence electrons. The highest BCUT2D eigenvalue weighted by Gasteiger charge is 2.10. The molecule has 1 N–H and O–H groups in total. The van der Waals surface area contributed by atoms with Crippen LogP contribution in [0.25, 0.3) is 33.2 Å². The number of nitrogens with zero attached hydrogens (tertiary/aromatic N) is 2. The first-order valence-electron chi connectivity index (χ1n) is 7.08. The molecule has 0 bridgehead atoms. The quantitative estimate of drug-likeness (QED) is 0.583. The highest BCUT2D eigenvalue weighted by atomic mass is 16.1. The molecule has 0 fully saturated rings. The van der Waals surface area contributed by atoms with Gasteiger partial charge < -0.3 is 4.98 Å². The molecule has 0 atom stereocenters. The number of pyridine rings is 1. The third-order valence-electron chi connectivity index (χ3n) is 3.84. The van der Waals surface area contributed by atoms with Gasteiger partial charge in [0.25, 0.3) is 5.56 Å². The third-order valence-corrected chi connectivity index (χ3v) is 3.84. The van der Waals surface area contributed by atoms with Crippen molar-refractivity contribution in [3.05, 3.63) is 70.6 Å². The van der Waals surface area contributed by atoms with E-state index in [9.17, 15) is 4.79 Å². The van der Waals surface area contributed by atoms with Crippen LogP contribution in [0.15, 0.2) is 59.5 Å². The number of hydrogen-bond donors (Lipinski definition) is 1. The fraction of sp³-hybridized carbons (Fsp3) is 0.0556. The number of aryl methyl sites for hydroxylation is 1. The maximum atomic E-state index is 12.3. The Hall–Kier alpha value is -3.01. The molecule has 4 aromatic rings. The minimum absolute atomic E-state index is 0.127. The van der Waals surface area contributed by atoms with E-state index in [1.807, 2.05) is 49.4 Å². The van der Waals surface area contributed by atoms with Crippen molar-refractivity contribution in [2.75, 3.05) is 0 Å². The van der Waals surface area contributed by atoms with Gasteiger partial charge in [0.15, 0.2) is 0 Å². The lowest BCUT2D eigenvalue weighted by Gasteiger charge is -2.08. The maximum Gasteiger partial charge on any atom is 0.259 e. The van der Waals surface area contributed by atoms with Crippen LogP contribution in [0.3, 0.4) is 0 Å². The van der Waals surface area contributed by atoms with Crippen LogP contribution >= 0.6 is 0 Å². The lowest BCUT2D eigenvalue weighted by Crippen LogP contribution is -2.09. The summed E-state index contributed by atoms with van der Waals surface area (Å²) in [6.07, 6.45) is 1.77. The zero-order valence-corrected chi connectivity index (χ0v) is 12.0. The third kappa shape index (κ3) is 1.89. The monoisotopic (exact) mass is 287 g/mol. The first-order chi connectivity index (χ1) is 10.7. The molecule has 0 aliphatic heterocycles. The van der Waals surface area contributed by atoms with E-state index in [-0.39, 0.29) is 5.56 Å². The van der Waals surface area contributed by atoms with Gasteiger partial charge in [-0.25, -0.2) is 4.98 Å². The molecule has 2 aromatic carbocycles. The average molecular weight is 287 g/mol. The molecule has 0 radical (unpaired) electrons. The lowest BCUT2D eigenvalue weighted by molar-refractivity contribution is 1.18. The molecule has 0 aliphatic carbocycles. The predicted molar refractivity (Wildman–Crippen MR) is 87.8 cm³/mol. The summed E-state index contributed by atoms with van der Waals surface area (Å²) < 4.78 is 0. The highest BCUT2D eigenvalue weighted by molar-refractivity contribution is 5.95. The molecule has 0 spiro atoms. The largest absolute Gasteiger partial charge is 0.306 e. The maximum absolute atomic E-state index is 12.3. The van der Waals surface area contributed by atoms with Crippen molar-refractivity contribution in [3.8, 4) is 11.4 Å². The van der Waals surface area contributed by atoms with E-state index in [0.717, 1.165) is 22.0 Å². The van der Waals surface area contributed by atoms with Gasteiger partial charge in [-0.3, -0.25) is 9.78 Å². The smallest absolute Gasteiger partial charge is 0.259 e. The fourth-order valence-electron chi connectivity index (χ4n) is 2.73. The topological polar surface area (TPSA) is 58.6 Å². The molecule has 0 unspecified atom stereocenters. The number of rotatable bonds is 1. The summed E-state index contributed by atoms with van der Waals surface area (Å²) in [4.78, 5) is 24.2. The number of H-pyrrole nitrogens is 1. The normalized spacial score (nSPS) is 11.1. The Morgan fingerprint density at radius 3 is 2.68 bits per heavy atom. The molecule has 4 rings (SSSR count). The van der Waals surface area contributed by atoms with E-state index in [2.05, 4.69) is 15.0 Å². The van der Waals surface area contributed by atoms with E-state index in [1.165, 1.54) is 0 Å². The van der Waals surface area contributed by atoms with E-state index in [4.69, 9.17) is 0 Å². The minimum atomic E-state index is -0.127. The van der Waals surface area contributed by atoms with Crippen molar-refractivity contribution < 1.29 is 0 Å². The molecule has 2 aromatic heterocycles. The first-order valence-corrected chi connectivity index (χ1v) is 7.08. The van der Waals surface area contributed by atoms with Gasteiger partial charge in [-0.1, -0.05) is 30.3 Å². The number of nitrogens with one attached hydrogen (secondary N) is 1. The second-order valence-electron chi connectivity index (χ2n) is 5.26. The van der Waals surface area contributed by atoms with Crippen LogP contribution in [0.4, 0.5) is 0 Å². The standard InChI is InChI=1S/C18H13N3O/c1-11-8-9-13(12-6-4-10-19-16(11)12)17-20-15-7-3-2-5-14(15)18(22)21-17/h2-10H,1H3,(H,20,21,22). The van der Waals surface area contributed by atoms with Crippen molar-refractivity contribution >= 4 is 21.8 Å². The summed E-state index contributed by atoms with van der Waals surface area (Å²) in [5.41, 5.74) is 3.48. The molecule has 0 saturated heterocycles. The Morgan fingerprint density at radius 1 is 0.955 bits per heavy atom. The van der Waals surface area contributed by atoms with Crippen LogP contribution in [-0.2, 0) is 0 Å². The van der Waals surface area contributed by atoms with Gasteiger partial charge in [0.05, 0.1) is 16.4 Å². The molecular formula is C18H13N3O. The number of aromatic amines is 1. The number of hydrogen-bond acceptors (Lipinski definition) is 3. The Labute approximate surface area is 126 Å². The van der Waals surface area contributed by atoms with E-state index in [0.29, 0.717) is 16.7 Å². The zero-order chi connectivity index (χ0) is 15.1. The average Bonchev–Trinajstić information content (AvgIpc) is 2.55. The van der Waals surface area contributed by atoms with Crippen LogP contribution in [0, 0.1) is 6.92 Å². The second-order valence-corrected chi connectivity index (χ2v) is 5.26. The molecule has 0 amide bonds. The molecule has 4 nitrogen and oxygen atoms in total. The fourth-order valence-corrected chi connectivity index (χ4v) is 2.73. The van der Waals surface area contributed by atoms with Crippen molar-refractivity contribution in [1.82, 2.24) is 15.0 Å². The number of para-hydroxylation sites is 1. The van der Waals surface area contributed by atoms with Crippen molar-refractivity contribution in [3.63, 3.8) is 0 Å². The van der Waals surface area contributed by atoms with Crippen molar-refractivity contribution in [1.29, 1.82) is 0 Å². The zero-order valence-electron chi connectivity index (χ0n) is 12.0. The second kappa shape index (κ2) is 4.77. The predicted octanol–water partition coefficient (Wildman–Crippen LogP) is 3.45. The highest BCUT2D eigenvalue weighted by Crippen LogP contribution is 2.27. The van der Waals surface area contributed by atoms with Crippen LogP contribution in [-0.4, -0.2) is 15.0 Å². The van der Waals surface area contributed by atoms with Crippen LogP contribution in [0.2, 0.25) is 0 Å². The van der Waals surface area contributed by atoms with Gasteiger partial charge in [-0.15, -0.1) is 0 Å².